The van der Waals surface area contributed by atoms with E-state index in [1.807, 2.05) is 0 Å². The Bertz CT molecular complexity index is 653. The van der Waals surface area contributed by atoms with E-state index in [-0.39, 0.29) is 31.3 Å². The molecule has 1 aliphatic carbocycles. The van der Waals surface area contributed by atoms with E-state index in [0.29, 0.717) is 18.4 Å². The number of imide groups is 1. The second-order valence-corrected chi connectivity index (χ2v) is 6.21. The summed E-state index contributed by atoms with van der Waals surface area (Å²) in [5.74, 6) is -1.10. The van der Waals surface area contributed by atoms with Gasteiger partial charge in [-0.2, -0.15) is 0 Å². The lowest BCUT2D eigenvalue weighted by Gasteiger charge is -2.19. The van der Waals surface area contributed by atoms with E-state index < -0.39 is 17.5 Å². The predicted octanol–water partition coefficient (Wildman–Crippen LogP) is 2.12. The topological polar surface area (TPSA) is 75.7 Å². The molecular weight excluding hydrogens is 315 g/mol. The Balaban J connectivity index is 1.48. The molecule has 3 rings (SSSR count). The number of ether oxygens (including phenoxy) is 1. The van der Waals surface area contributed by atoms with Crippen molar-refractivity contribution in [1.29, 1.82) is 0 Å². The lowest BCUT2D eigenvalue weighted by molar-refractivity contribution is -0.145. The molecule has 0 bridgehead atoms. The van der Waals surface area contributed by atoms with E-state index >= 15 is 0 Å². The van der Waals surface area contributed by atoms with Crippen LogP contribution in [0, 0.1) is 5.82 Å². The van der Waals surface area contributed by atoms with E-state index in [2.05, 4.69) is 5.32 Å². The first-order valence-electron chi connectivity index (χ1n) is 8.04. The zero-order valence-corrected chi connectivity index (χ0v) is 13.2. The number of hydrogen-bond acceptors (Lipinski definition) is 4. The molecule has 1 aromatic rings. The number of benzene rings is 1. The van der Waals surface area contributed by atoms with Crippen LogP contribution in [0.2, 0.25) is 0 Å². The number of esters is 1. The SMILES string of the molecule is O=C(CCN1C(=O)NC2(CCCC2)C1=O)OCc1ccc(F)cc1. The van der Waals surface area contributed by atoms with Gasteiger partial charge in [-0.3, -0.25) is 14.5 Å². The van der Waals surface area contributed by atoms with E-state index in [4.69, 9.17) is 4.74 Å². The molecule has 0 radical (unpaired) electrons. The number of hydrogen-bond donors (Lipinski definition) is 1. The van der Waals surface area contributed by atoms with Crippen LogP contribution in [0.3, 0.4) is 0 Å². The average molecular weight is 334 g/mol. The van der Waals surface area contributed by atoms with Crippen molar-refractivity contribution in [2.45, 2.75) is 44.2 Å². The number of amides is 3. The van der Waals surface area contributed by atoms with Crippen LogP contribution in [0.5, 0.6) is 0 Å². The third kappa shape index (κ3) is 3.25. The number of nitrogens with one attached hydrogen (secondary N) is 1. The normalized spacial score (nSPS) is 19.0. The fourth-order valence-corrected chi connectivity index (χ4v) is 3.22. The minimum atomic E-state index is -0.755. The fraction of sp³-hybridized carbons (Fsp3) is 0.471. The second kappa shape index (κ2) is 6.59. The van der Waals surface area contributed by atoms with Crippen molar-refractivity contribution in [2.24, 2.45) is 0 Å². The molecule has 7 heteroatoms. The summed E-state index contributed by atoms with van der Waals surface area (Å²) in [5, 5.41) is 2.77. The van der Waals surface area contributed by atoms with Gasteiger partial charge in [-0.1, -0.05) is 25.0 Å². The summed E-state index contributed by atoms with van der Waals surface area (Å²) in [5.41, 5.74) is -0.0839. The van der Waals surface area contributed by atoms with E-state index in [9.17, 15) is 18.8 Å². The zero-order chi connectivity index (χ0) is 17.2. The lowest BCUT2D eigenvalue weighted by atomic mass is 9.98. The van der Waals surface area contributed by atoms with Crippen LogP contribution >= 0.6 is 0 Å². The predicted molar refractivity (Wildman–Crippen MR) is 82.3 cm³/mol. The molecule has 1 heterocycles. The van der Waals surface area contributed by atoms with Crippen LogP contribution in [0.15, 0.2) is 24.3 Å². The highest BCUT2D eigenvalue weighted by molar-refractivity contribution is 6.07. The third-order valence-corrected chi connectivity index (χ3v) is 4.56. The van der Waals surface area contributed by atoms with Crippen LogP contribution in [-0.2, 0) is 20.9 Å². The summed E-state index contributed by atoms with van der Waals surface area (Å²) < 4.78 is 17.9. The van der Waals surface area contributed by atoms with E-state index in [1.165, 1.54) is 24.3 Å². The molecule has 1 saturated heterocycles. The number of rotatable bonds is 5. The summed E-state index contributed by atoms with van der Waals surface area (Å²) in [6.45, 7) is 0.0395. The van der Waals surface area contributed by atoms with Crippen molar-refractivity contribution in [2.75, 3.05) is 6.54 Å². The first kappa shape index (κ1) is 16.4. The highest BCUT2D eigenvalue weighted by Gasteiger charge is 2.52. The van der Waals surface area contributed by atoms with Crippen molar-refractivity contribution in [3.8, 4) is 0 Å². The number of urea groups is 1. The molecule has 0 aromatic heterocycles. The molecule has 6 nitrogen and oxygen atoms in total. The van der Waals surface area contributed by atoms with Gasteiger partial charge in [-0.05, 0) is 30.5 Å². The smallest absolute Gasteiger partial charge is 0.325 e. The maximum Gasteiger partial charge on any atom is 0.325 e. The number of nitrogens with zero attached hydrogens (tertiary/aromatic N) is 1. The van der Waals surface area contributed by atoms with Gasteiger partial charge in [0.25, 0.3) is 5.91 Å². The van der Waals surface area contributed by atoms with Gasteiger partial charge in [0.1, 0.15) is 18.0 Å². The largest absolute Gasteiger partial charge is 0.461 e. The Morgan fingerprint density at radius 1 is 1.21 bits per heavy atom. The van der Waals surface area contributed by atoms with E-state index in [1.54, 1.807) is 0 Å². The summed E-state index contributed by atoms with van der Waals surface area (Å²) >= 11 is 0. The molecule has 0 unspecified atom stereocenters. The van der Waals surface area contributed by atoms with Crippen molar-refractivity contribution >= 4 is 17.9 Å². The first-order chi connectivity index (χ1) is 11.5. The minimum Gasteiger partial charge on any atom is -0.461 e. The molecule has 24 heavy (non-hydrogen) atoms. The third-order valence-electron chi connectivity index (χ3n) is 4.56. The molecule has 1 spiro atoms. The summed E-state index contributed by atoms with van der Waals surface area (Å²) in [6, 6.07) is 5.20. The van der Waals surface area contributed by atoms with Crippen LogP contribution in [0.25, 0.3) is 0 Å². The van der Waals surface area contributed by atoms with Gasteiger partial charge in [-0.25, -0.2) is 9.18 Å². The Morgan fingerprint density at radius 2 is 1.88 bits per heavy atom. The van der Waals surface area contributed by atoms with Crippen LogP contribution < -0.4 is 5.32 Å². The van der Waals surface area contributed by atoms with Crippen molar-refractivity contribution in [3.63, 3.8) is 0 Å². The number of carbonyl (C=O) groups is 3. The van der Waals surface area contributed by atoms with Crippen LogP contribution in [-0.4, -0.2) is 34.9 Å². The summed E-state index contributed by atoms with van der Waals surface area (Å²) in [6.07, 6.45) is 3.09. The Kier molecular flexibility index (Phi) is 4.51. The minimum absolute atomic E-state index is 0.00860. The summed E-state index contributed by atoms with van der Waals surface area (Å²) in [4.78, 5) is 37.3. The molecule has 128 valence electrons. The Morgan fingerprint density at radius 3 is 2.54 bits per heavy atom. The number of halogens is 1. The van der Waals surface area contributed by atoms with Crippen molar-refractivity contribution in [3.05, 3.63) is 35.6 Å². The lowest BCUT2D eigenvalue weighted by Crippen LogP contribution is -2.44. The van der Waals surface area contributed by atoms with Gasteiger partial charge in [-0.15, -0.1) is 0 Å². The van der Waals surface area contributed by atoms with E-state index in [0.717, 1.165) is 17.7 Å². The molecule has 3 amide bonds. The standard InChI is InChI=1S/C17H19FN2O4/c18-13-5-3-12(4-6-13)11-24-14(21)7-10-20-15(22)17(19-16(20)23)8-1-2-9-17/h3-6H,1-2,7-11H2,(H,19,23). The summed E-state index contributed by atoms with van der Waals surface area (Å²) in [7, 11) is 0. The molecular formula is C17H19FN2O4. The molecule has 1 N–H and O–H groups in total. The molecule has 1 aromatic carbocycles. The highest BCUT2D eigenvalue weighted by Crippen LogP contribution is 2.35. The maximum absolute atomic E-state index is 12.8. The monoisotopic (exact) mass is 334 g/mol. The molecule has 2 aliphatic rings. The zero-order valence-electron chi connectivity index (χ0n) is 13.2. The molecule has 1 aliphatic heterocycles. The van der Waals surface area contributed by atoms with Gasteiger partial charge in [0.15, 0.2) is 0 Å². The Labute approximate surface area is 139 Å². The molecule has 2 fully saturated rings. The molecule has 0 atom stereocenters. The van der Waals surface area contributed by atoms with Crippen LogP contribution in [0.4, 0.5) is 9.18 Å². The maximum atomic E-state index is 12.8. The first-order valence-corrected chi connectivity index (χ1v) is 8.04. The van der Waals surface area contributed by atoms with Gasteiger partial charge in [0.2, 0.25) is 0 Å². The van der Waals surface area contributed by atoms with Crippen LogP contribution in [0.1, 0.15) is 37.7 Å². The fourth-order valence-electron chi connectivity index (χ4n) is 3.22. The highest BCUT2D eigenvalue weighted by atomic mass is 19.1. The van der Waals surface area contributed by atoms with Gasteiger partial charge in [0.05, 0.1) is 6.42 Å². The Hall–Kier alpha value is -2.44. The second-order valence-electron chi connectivity index (χ2n) is 6.21. The van der Waals surface area contributed by atoms with Crippen molar-refractivity contribution in [1.82, 2.24) is 10.2 Å². The van der Waals surface area contributed by atoms with Gasteiger partial charge < -0.3 is 10.1 Å². The molecule has 1 saturated carbocycles. The number of carbonyl (C=O) groups excluding carboxylic acids is 3. The van der Waals surface area contributed by atoms with Gasteiger partial charge >= 0.3 is 12.0 Å². The average Bonchev–Trinajstić information content (AvgIpc) is 3.12. The van der Waals surface area contributed by atoms with Gasteiger partial charge in [0, 0.05) is 6.54 Å². The quantitative estimate of drug-likeness (QED) is 0.661. The van der Waals surface area contributed by atoms with Crippen molar-refractivity contribution < 1.29 is 23.5 Å².